The molecule has 3 saturated carbocycles. The van der Waals surface area contributed by atoms with Crippen LogP contribution in [0.15, 0.2) is 0 Å². The maximum absolute atomic E-state index is 6.08. The summed E-state index contributed by atoms with van der Waals surface area (Å²) in [7, 11) is 0. The van der Waals surface area contributed by atoms with Gasteiger partial charge in [0, 0.05) is 0 Å². The summed E-state index contributed by atoms with van der Waals surface area (Å²) in [6.07, 6.45) is 24.1. The van der Waals surface area contributed by atoms with Gasteiger partial charge in [-0.3, -0.25) is 0 Å². The normalized spacial score (nSPS) is 40.8. The van der Waals surface area contributed by atoms with Crippen LogP contribution in [0.3, 0.4) is 0 Å². The van der Waals surface area contributed by atoms with Crippen molar-refractivity contribution in [3.63, 3.8) is 0 Å². The van der Waals surface area contributed by atoms with Crippen molar-refractivity contribution in [2.75, 3.05) is 6.54 Å². The Morgan fingerprint density at radius 1 is 0.478 bits per heavy atom. The Kier molecular flexibility index (Phi) is 7.30. The maximum Gasteiger partial charge on any atom is -0.00489 e. The van der Waals surface area contributed by atoms with Crippen molar-refractivity contribution in [2.24, 2.45) is 35.3 Å². The number of hydrogen-bond donors (Lipinski definition) is 1. The second-order valence-corrected chi connectivity index (χ2v) is 9.10. The van der Waals surface area contributed by atoms with Gasteiger partial charge in [0.2, 0.25) is 0 Å². The molecule has 0 aromatic heterocycles. The summed E-state index contributed by atoms with van der Waals surface area (Å²) < 4.78 is 0. The van der Waals surface area contributed by atoms with Gasteiger partial charge >= 0.3 is 0 Å². The van der Waals surface area contributed by atoms with Crippen molar-refractivity contribution in [1.29, 1.82) is 0 Å². The number of rotatable bonds is 1. The van der Waals surface area contributed by atoms with Crippen molar-refractivity contribution < 1.29 is 0 Å². The lowest BCUT2D eigenvalue weighted by atomic mass is 9.67. The fourth-order valence-corrected chi connectivity index (χ4v) is 6.40. The predicted molar refractivity (Wildman–Crippen MR) is 100 cm³/mol. The third kappa shape index (κ3) is 4.97. The molecule has 4 unspecified atom stereocenters. The first-order chi connectivity index (χ1) is 11.4. The molecule has 0 saturated heterocycles. The molecule has 1 heteroatoms. The molecular weight excluding hydrogens is 278 g/mol. The molecule has 2 N–H and O–H groups in total. The van der Waals surface area contributed by atoms with Crippen molar-refractivity contribution >= 4 is 0 Å². The monoisotopic (exact) mass is 319 g/mol. The van der Waals surface area contributed by atoms with Gasteiger partial charge in [-0.15, -0.1) is 0 Å². The van der Waals surface area contributed by atoms with E-state index in [1.807, 2.05) is 0 Å². The fourth-order valence-electron chi connectivity index (χ4n) is 6.40. The Morgan fingerprint density at radius 2 is 0.957 bits per heavy atom. The zero-order valence-corrected chi connectivity index (χ0v) is 15.5. The van der Waals surface area contributed by atoms with E-state index < -0.39 is 0 Å². The average Bonchev–Trinajstić information content (AvgIpc) is 2.72. The summed E-state index contributed by atoms with van der Waals surface area (Å²) >= 11 is 0. The zero-order valence-electron chi connectivity index (χ0n) is 15.5. The van der Waals surface area contributed by atoms with Gasteiger partial charge < -0.3 is 5.73 Å². The average molecular weight is 320 g/mol. The molecule has 0 spiro atoms. The second-order valence-electron chi connectivity index (χ2n) is 9.10. The highest BCUT2D eigenvalue weighted by molar-refractivity contribution is 4.87. The van der Waals surface area contributed by atoms with Gasteiger partial charge in [0.05, 0.1) is 0 Å². The fraction of sp³-hybridized carbons (Fsp3) is 1.00. The van der Waals surface area contributed by atoms with Gasteiger partial charge in [-0.25, -0.2) is 0 Å². The molecule has 3 rings (SSSR count). The molecule has 0 aromatic carbocycles. The lowest BCUT2D eigenvalue weighted by Gasteiger charge is -2.39. The lowest BCUT2D eigenvalue weighted by Crippen LogP contribution is -2.30. The van der Waals surface area contributed by atoms with Gasteiger partial charge in [-0.1, -0.05) is 83.5 Å². The van der Waals surface area contributed by atoms with Crippen LogP contribution in [0.5, 0.6) is 0 Å². The molecule has 0 amide bonds. The molecule has 0 bridgehead atoms. The first-order valence-corrected chi connectivity index (χ1v) is 11.1. The van der Waals surface area contributed by atoms with Gasteiger partial charge in [-0.2, -0.15) is 0 Å². The summed E-state index contributed by atoms with van der Waals surface area (Å²) in [6.45, 7) is 0.936. The molecule has 3 aliphatic rings. The van der Waals surface area contributed by atoms with Crippen LogP contribution < -0.4 is 5.73 Å². The Hall–Kier alpha value is -0.0400. The van der Waals surface area contributed by atoms with E-state index in [0.717, 1.165) is 36.1 Å². The molecule has 1 nitrogen and oxygen atoms in total. The first-order valence-electron chi connectivity index (χ1n) is 11.1. The highest BCUT2D eigenvalue weighted by Gasteiger charge is 2.37. The third-order valence-electron chi connectivity index (χ3n) is 7.65. The van der Waals surface area contributed by atoms with Crippen LogP contribution in [0.2, 0.25) is 0 Å². The minimum atomic E-state index is 0.825. The van der Waals surface area contributed by atoms with Gasteiger partial charge in [-0.05, 0) is 55.4 Å². The van der Waals surface area contributed by atoms with E-state index in [1.165, 1.54) is 83.5 Å². The van der Waals surface area contributed by atoms with E-state index in [1.54, 1.807) is 19.3 Å². The summed E-state index contributed by atoms with van der Waals surface area (Å²) in [5, 5.41) is 0. The Balaban J connectivity index is 1.79. The van der Waals surface area contributed by atoms with Crippen LogP contribution in [0.1, 0.15) is 103 Å². The molecule has 23 heavy (non-hydrogen) atoms. The van der Waals surface area contributed by atoms with Crippen LogP contribution in [-0.4, -0.2) is 6.54 Å². The van der Waals surface area contributed by atoms with E-state index in [-0.39, 0.29) is 0 Å². The summed E-state index contributed by atoms with van der Waals surface area (Å²) in [5.74, 6) is 5.06. The zero-order chi connectivity index (χ0) is 15.9. The standard InChI is InChI=1S/C22H41N/c23-17-18-9-8-14-20-13-7-6-12-19-10-4-2-1-3-5-11-21(16-15-18)22(19)20/h18-22H,1-17,23H2/t18-,19?,20?,21?,22?/m0/s1. The third-order valence-corrected chi connectivity index (χ3v) is 7.65. The Bertz CT molecular complexity index is 326. The maximum atomic E-state index is 6.08. The molecule has 0 heterocycles. The van der Waals surface area contributed by atoms with Gasteiger partial charge in [0.15, 0.2) is 0 Å². The largest absolute Gasteiger partial charge is 0.330 e. The van der Waals surface area contributed by atoms with Crippen molar-refractivity contribution in [1.82, 2.24) is 0 Å². The quantitative estimate of drug-likeness (QED) is 0.602. The molecule has 0 aromatic rings. The number of hydrogen-bond acceptors (Lipinski definition) is 1. The van der Waals surface area contributed by atoms with Crippen LogP contribution in [0.4, 0.5) is 0 Å². The van der Waals surface area contributed by atoms with E-state index >= 15 is 0 Å². The van der Waals surface area contributed by atoms with Crippen molar-refractivity contribution in [3.05, 3.63) is 0 Å². The van der Waals surface area contributed by atoms with Crippen molar-refractivity contribution in [3.8, 4) is 0 Å². The van der Waals surface area contributed by atoms with E-state index in [9.17, 15) is 0 Å². The predicted octanol–water partition coefficient (Wildman–Crippen LogP) is 6.31. The minimum Gasteiger partial charge on any atom is -0.330 e. The molecular formula is C22H41N. The van der Waals surface area contributed by atoms with E-state index in [2.05, 4.69) is 0 Å². The van der Waals surface area contributed by atoms with Crippen LogP contribution in [0.25, 0.3) is 0 Å². The van der Waals surface area contributed by atoms with Gasteiger partial charge in [0.1, 0.15) is 0 Å². The Morgan fingerprint density at radius 3 is 1.57 bits per heavy atom. The van der Waals surface area contributed by atoms with Crippen LogP contribution in [0, 0.1) is 29.6 Å². The van der Waals surface area contributed by atoms with E-state index in [0.29, 0.717) is 0 Å². The number of nitrogens with two attached hydrogens (primary N) is 1. The topological polar surface area (TPSA) is 26.0 Å². The second kappa shape index (κ2) is 9.44. The van der Waals surface area contributed by atoms with Gasteiger partial charge in [0.25, 0.3) is 0 Å². The molecule has 3 aliphatic carbocycles. The highest BCUT2D eigenvalue weighted by Crippen LogP contribution is 2.47. The Labute approximate surface area is 145 Å². The summed E-state index contributed by atoms with van der Waals surface area (Å²) in [6, 6.07) is 0. The minimum absolute atomic E-state index is 0.825. The molecule has 0 aliphatic heterocycles. The lowest BCUT2D eigenvalue weighted by molar-refractivity contribution is 0.110. The van der Waals surface area contributed by atoms with Crippen molar-refractivity contribution in [2.45, 2.75) is 103 Å². The molecule has 3 fully saturated rings. The summed E-state index contributed by atoms with van der Waals surface area (Å²) in [5.41, 5.74) is 6.08. The highest BCUT2D eigenvalue weighted by atomic mass is 14.5. The van der Waals surface area contributed by atoms with Crippen LogP contribution >= 0.6 is 0 Å². The summed E-state index contributed by atoms with van der Waals surface area (Å²) in [4.78, 5) is 0. The van der Waals surface area contributed by atoms with Crippen LogP contribution in [-0.2, 0) is 0 Å². The molecule has 5 atom stereocenters. The first kappa shape index (κ1) is 17.8. The molecule has 134 valence electrons. The SMILES string of the molecule is NC[C@H]1CCCC2CCCCC3CCCCCCCC(CC1)C32. The molecule has 0 radical (unpaired) electrons. The smallest absolute Gasteiger partial charge is 0.00489 e. The van der Waals surface area contributed by atoms with E-state index in [4.69, 9.17) is 5.73 Å².